The number of benzene rings is 4. The third-order valence-corrected chi connectivity index (χ3v) is 4.75. The number of nitriles is 1. The highest BCUT2D eigenvalue weighted by Crippen LogP contribution is 2.25. The van der Waals surface area contributed by atoms with Crippen LogP contribution in [0.25, 0.3) is 33.9 Å². The van der Waals surface area contributed by atoms with Gasteiger partial charge in [-0.2, -0.15) is 5.26 Å². The molecule has 0 spiro atoms. The third-order valence-electron chi connectivity index (χ3n) is 4.75. The van der Waals surface area contributed by atoms with E-state index in [1.807, 2.05) is 54.6 Å². The van der Waals surface area contributed by atoms with E-state index in [1.54, 1.807) is 0 Å². The number of nitrogens with zero attached hydrogens (tertiary/aromatic N) is 1. The normalized spacial score (nSPS) is 11.0. The molecule has 4 aromatic carbocycles. The summed E-state index contributed by atoms with van der Waals surface area (Å²) in [6, 6.07) is 39.3. The molecule has 1 nitrogen and oxygen atoms in total. The molecule has 0 aromatic heterocycles. The smallest absolute Gasteiger partial charge is 0.0998 e. The summed E-state index contributed by atoms with van der Waals surface area (Å²) in [4.78, 5) is 0. The maximum Gasteiger partial charge on any atom is 0.0998 e. The van der Waals surface area contributed by atoms with Gasteiger partial charge in [-0.15, -0.1) is 0 Å². The Morgan fingerprint density at radius 3 is 1.43 bits per heavy atom. The molecule has 0 N–H and O–H groups in total. The van der Waals surface area contributed by atoms with Crippen molar-refractivity contribution in [3.8, 4) is 28.3 Å². The van der Waals surface area contributed by atoms with Crippen molar-refractivity contribution in [1.82, 2.24) is 0 Å². The van der Waals surface area contributed by atoms with Gasteiger partial charge in [-0.3, -0.25) is 0 Å². The monoisotopic (exact) mass is 357 g/mol. The quantitative estimate of drug-likeness (QED) is 0.283. The predicted molar refractivity (Wildman–Crippen MR) is 117 cm³/mol. The zero-order valence-corrected chi connectivity index (χ0v) is 15.4. The standard InChI is InChI=1S/C27H19N/c28-20-27(26-17-15-25(16-18-26)23-9-5-2-6-10-23)19-21-11-13-24(14-12-21)22-7-3-1-4-8-22/h1-19H/b27-19+. The van der Waals surface area contributed by atoms with Crippen molar-refractivity contribution >= 4 is 11.6 Å². The van der Waals surface area contributed by atoms with Crippen molar-refractivity contribution < 1.29 is 0 Å². The molecule has 0 aliphatic heterocycles. The first-order valence-electron chi connectivity index (χ1n) is 9.27. The SMILES string of the molecule is N#C/C(=C\c1ccc(-c2ccccc2)cc1)c1ccc(-c2ccccc2)cc1. The van der Waals surface area contributed by atoms with Crippen LogP contribution in [0, 0.1) is 11.3 Å². The maximum absolute atomic E-state index is 9.64. The molecule has 0 aliphatic rings. The molecular weight excluding hydrogens is 338 g/mol. The van der Waals surface area contributed by atoms with Gasteiger partial charge in [0, 0.05) is 0 Å². The fourth-order valence-electron chi connectivity index (χ4n) is 3.22. The van der Waals surface area contributed by atoms with Crippen LogP contribution in [0.5, 0.6) is 0 Å². The first-order chi connectivity index (χ1) is 13.8. The fraction of sp³-hybridized carbons (Fsp3) is 0. The molecule has 4 rings (SSSR count). The Bertz CT molecular complexity index is 1120. The molecule has 0 atom stereocenters. The minimum atomic E-state index is 0.659. The lowest BCUT2D eigenvalue weighted by atomic mass is 9.98. The van der Waals surface area contributed by atoms with E-state index < -0.39 is 0 Å². The second-order valence-electron chi connectivity index (χ2n) is 6.60. The van der Waals surface area contributed by atoms with Crippen LogP contribution in [-0.2, 0) is 0 Å². The van der Waals surface area contributed by atoms with E-state index in [2.05, 4.69) is 66.7 Å². The third kappa shape index (κ3) is 3.92. The summed E-state index contributed by atoms with van der Waals surface area (Å²) in [5, 5.41) is 9.64. The van der Waals surface area contributed by atoms with Crippen molar-refractivity contribution in [3.63, 3.8) is 0 Å². The largest absolute Gasteiger partial charge is 0.192 e. The van der Waals surface area contributed by atoms with Gasteiger partial charge < -0.3 is 0 Å². The zero-order valence-electron chi connectivity index (χ0n) is 15.4. The van der Waals surface area contributed by atoms with Crippen LogP contribution in [-0.4, -0.2) is 0 Å². The number of rotatable bonds is 4. The molecule has 0 unspecified atom stereocenters. The Balaban J connectivity index is 1.58. The van der Waals surface area contributed by atoms with Crippen LogP contribution >= 0.6 is 0 Å². The maximum atomic E-state index is 9.64. The van der Waals surface area contributed by atoms with E-state index >= 15 is 0 Å². The Morgan fingerprint density at radius 1 is 0.536 bits per heavy atom. The molecule has 0 radical (unpaired) electrons. The minimum Gasteiger partial charge on any atom is -0.192 e. The van der Waals surface area contributed by atoms with Crippen molar-refractivity contribution in [2.75, 3.05) is 0 Å². The molecule has 4 aromatic rings. The van der Waals surface area contributed by atoms with E-state index in [4.69, 9.17) is 0 Å². The number of allylic oxidation sites excluding steroid dienone is 1. The molecule has 0 aliphatic carbocycles. The highest BCUT2D eigenvalue weighted by molar-refractivity contribution is 5.90. The lowest BCUT2D eigenvalue weighted by Gasteiger charge is -2.05. The van der Waals surface area contributed by atoms with Crippen molar-refractivity contribution in [2.24, 2.45) is 0 Å². The molecular formula is C27H19N. The molecule has 0 amide bonds. The number of hydrogen-bond donors (Lipinski definition) is 0. The van der Waals surface area contributed by atoms with Crippen LogP contribution < -0.4 is 0 Å². The van der Waals surface area contributed by atoms with Gasteiger partial charge in [0.15, 0.2) is 0 Å². The van der Waals surface area contributed by atoms with Crippen LogP contribution in [0.1, 0.15) is 11.1 Å². The second-order valence-corrected chi connectivity index (χ2v) is 6.60. The zero-order chi connectivity index (χ0) is 19.2. The first-order valence-corrected chi connectivity index (χ1v) is 9.27. The molecule has 0 heterocycles. The van der Waals surface area contributed by atoms with Crippen molar-refractivity contribution in [2.45, 2.75) is 0 Å². The van der Waals surface area contributed by atoms with Gasteiger partial charge in [-0.25, -0.2) is 0 Å². The summed E-state index contributed by atoms with van der Waals surface area (Å²) in [6.07, 6.45) is 1.94. The topological polar surface area (TPSA) is 23.8 Å². The Hall–Kier alpha value is -3.89. The fourth-order valence-corrected chi connectivity index (χ4v) is 3.22. The highest BCUT2D eigenvalue weighted by atomic mass is 14.2. The summed E-state index contributed by atoms with van der Waals surface area (Å²) < 4.78 is 0. The Kier molecular flexibility index (Phi) is 5.13. The van der Waals surface area contributed by atoms with Gasteiger partial charge in [-0.1, -0.05) is 109 Å². The average Bonchev–Trinajstić information content (AvgIpc) is 2.79. The van der Waals surface area contributed by atoms with E-state index in [9.17, 15) is 5.26 Å². The number of hydrogen-bond acceptors (Lipinski definition) is 1. The average molecular weight is 357 g/mol. The molecule has 0 saturated carbocycles. The molecule has 0 bridgehead atoms. The molecule has 28 heavy (non-hydrogen) atoms. The van der Waals surface area contributed by atoms with Gasteiger partial charge in [-0.05, 0) is 39.5 Å². The minimum absolute atomic E-state index is 0.659. The molecule has 0 saturated heterocycles. The Labute approximate surface area is 165 Å². The van der Waals surface area contributed by atoms with E-state index in [-0.39, 0.29) is 0 Å². The van der Waals surface area contributed by atoms with Gasteiger partial charge in [0.2, 0.25) is 0 Å². The predicted octanol–water partition coefficient (Wildman–Crippen LogP) is 7.08. The lowest BCUT2D eigenvalue weighted by molar-refractivity contribution is 1.52. The van der Waals surface area contributed by atoms with Crippen molar-refractivity contribution in [3.05, 3.63) is 120 Å². The Morgan fingerprint density at radius 2 is 0.964 bits per heavy atom. The van der Waals surface area contributed by atoms with Crippen LogP contribution in [0.2, 0.25) is 0 Å². The molecule has 132 valence electrons. The summed E-state index contributed by atoms with van der Waals surface area (Å²) in [7, 11) is 0. The van der Waals surface area contributed by atoms with E-state index in [0.29, 0.717) is 5.57 Å². The van der Waals surface area contributed by atoms with E-state index in [0.717, 1.165) is 16.7 Å². The summed E-state index contributed by atoms with van der Waals surface area (Å²) in [5.41, 5.74) is 7.28. The first kappa shape index (κ1) is 17.5. The summed E-state index contributed by atoms with van der Waals surface area (Å²) in [5.74, 6) is 0. The van der Waals surface area contributed by atoms with Gasteiger partial charge in [0.1, 0.15) is 0 Å². The van der Waals surface area contributed by atoms with Gasteiger partial charge >= 0.3 is 0 Å². The van der Waals surface area contributed by atoms with Crippen LogP contribution in [0.3, 0.4) is 0 Å². The van der Waals surface area contributed by atoms with Crippen LogP contribution in [0.4, 0.5) is 0 Å². The van der Waals surface area contributed by atoms with Gasteiger partial charge in [0.05, 0.1) is 11.6 Å². The summed E-state index contributed by atoms with van der Waals surface area (Å²) >= 11 is 0. The van der Waals surface area contributed by atoms with Gasteiger partial charge in [0.25, 0.3) is 0 Å². The lowest BCUT2D eigenvalue weighted by Crippen LogP contribution is -1.84. The summed E-state index contributed by atoms with van der Waals surface area (Å²) in [6.45, 7) is 0. The molecule has 1 heteroatoms. The highest BCUT2D eigenvalue weighted by Gasteiger charge is 2.03. The van der Waals surface area contributed by atoms with Crippen LogP contribution in [0.15, 0.2) is 109 Å². The molecule has 0 fully saturated rings. The van der Waals surface area contributed by atoms with Crippen molar-refractivity contribution in [1.29, 1.82) is 5.26 Å². The second kappa shape index (κ2) is 8.20. The van der Waals surface area contributed by atoms with E-state index in [1.165, 1.54) is 16.7 Å².